The first kappa shape index (κ1) is 17.4. The van der Waals surface area contributed by atoms with Gasteiger partial charge in [0.25, 0.3) is 10.2 Å². The molecule has 0 bridgehead atoms. The van der Waals surface area contributed by atoms with Crippen LogP contribution >= 0.6 is 0 Å². The number of nitrogens with zero attached hydrogens (tertiary/aromatic N) is 4. The maximum Gasteiger partial charge on any atom is 0.279 e. The lowest BCUT2D eigenvalue weighted by Gasteiger charge is -2.29. The lowest BCUT2D eigenvalue weighted by atomic mass is 10.1. The van der Waals surface area contributed by atoms with Crippen LogP contribution in [-0.4, -0.2) is 52.9 Å². The molecular formula is C15H25N5O3S. The molecule has 0 aromatic carbocycles. The molecular weight excluding hydrogens is 330 g/mol. The van der Waals surface area contributed by atoms with Crippen molar-refractivity contribution in [3.8, 4) is 0 Å². The molecule has 0 saturated carbocycles. The van der Waals surface area contributed by atoms with E-state index in [0.29, 0.717) is 38.4 Å². The van der Waals surface area contributed by atoms with Crippen molar-refractivity contribution in [2.45, 2.75) is 46.3 Å². The summed E-state index contributed by atoms with van der Waals surface area (Å²) in [7, 11) is -3.43. The summed E-state index contributed by atoms with van der Waals surface area (Å²) in [5.41, 5.74) is 1.64. The van der Waals surface area contributed by atoms with Crippen LogP contribution in [0.3, 0.4) is 0 Å². The molecule has 0 unspecified atom stereocenters. The van der Waals surface area contributed by atoms with Crippen LogP contribution < -0.4 is 4.72 Å². The molecule has 0 atom stereocenters. The Kier molecular flexibility index (Phi) is 4.93. The van der Waals surface area contributed by atoms with Gasteiger partial charge in [-0.25, -0.2) is 0 Å². The topological polar surface area (TPSA) is 87.5 Å². The average molecular weight is 355 g/mol. The van der Waals surface area contributed by atoms with Crippen molar-refractivity contribution in [2.75, 3.05) is 19.6 Å². The minimum atomic E-state index is -3.43. The first-order valence-electron chi connectivity index (χ1n) is 8.46. The number of hydrogen-bond donors (Lipinski definition) is 1. The first-order valence-corrected chi connectivity index (χ1v) is 9.90. The molecule has 1 saturated heterocycles. The predicted molar refractivity (Wildman–Crippen MR) is 89.0 cm³/mol. The molecule has 1 N–H and O–H groups in total. The van der Waals surface area contributed by atoms with Crippen LogP contribution in [0.4, 0.5) is 0 Å². The SMILES string of the molecule is CC(C)C(=O)N1CCn2nc(CNS(=O)(=O)N3CCCC3)cc2C1. The molecule has 134 valence electrons. The van der Waals surface area contributed by atoms with Gasteiger partial charge in [0.2, 0.25) is 5.91 Å². The second-order valence-corrected chi connectivity index (χ2v) is 8.45. The molecule has 0 radical (unpaired) electrons. The number of rotatable bonds is 5. The summed E-state index contributed by atoms with van der Waals surface area (Å²) >= 11 is 0. The van der Waals surface area contributed by atoms with E-state index in [9.17, 15) is 13.2 Å². The van der Waals surface area contributed by atoms with Gasteiger partial charge in [0.05, 0.1) is 31.0 Å². The van der Waals surface area contributed by atoms with Gasteiger partial charge >= 0.3 is 0 Å². The van der Waals surface area contributed by atoms with Gasteiger partial charge in [0, 0.05) is 25.6 Å². The smallest absolute Gasteiger partial charge is 0.279 e. The van der Waals surface area contributed by atoms with Gasteiger partial charge in [-0.3, -0.25) is 9.48 Å². The summed E-state index contributed by atoms with van der Waals surface area (Å²) in [6.45, 7) is 6.96. The van der Waals surface area contributed by atoms with Crippen molar-refractivity contribution in [3.05, 3.63) is 17.5 Å². The summed E-state index contributed by atoms with van der Waals surface area (Å²) in [6.07, 6.45) is 1.83. The second kappa shape index (κ2) is 6.81. The number of carbonyl (C=O) groups is 1. The summed E-state index contributed by atoms with van der Waals surface area (Å²) < 4.78 is 30.3. The third-order valence-electron chi connectivity index (χ3n) is 4.49. The molecule has 24 heavy (non-hydrogen) atoms. The number of carbonyl (C=O) groups excluding carboxylic acids is 1. The Labute approximate surface area is 143 Å². The number of hydrogen-bond acceptors (Lipinski definition) is 4. The van der Waals surface area contributed by atoms with Crippen LogP contribution in [0.25, 0.3) is 0 Å². The van der Waals surface area contributed by atoms with Crippen LogP contribution in [0.1, 0.15) is 38.1 Å². The number of fused-ring (bicyclic) bond motifs is 1. The molecule has 2 aliphatic heterocycles. The standard InChI is InChI=1S/C15H25N5O3S/c1-12(2)15(21)18-7-8-20-14(11-18)9-13(17-20)10-16-24(22,23)19-5-3-4-6-19/h9,12,16H,3-8,10-11H2,1-2H3. The zero-order valence-electron chi connectivity index (χ0n) is 14.2. The van der Waals surface area contributed by atoms with Gasteiger partial charge in [-0.05, 0) is 18.9 Å². The summed E-state index contributed by atoms with van der Waals surface area (Å²) in [5, 5.41) is 4.45. The molecule has 0 aliphatic carbocycles. The Bertz CT molecular complexity index is 707. The van der Waals surface area contributed by atoms with E-state index in [2.05, 4.69) is 9.82 Å². The highest BCUT2D eigenvalue weighted by Gasteiger charge is 2.26. The molecule has 3 heterocycles. The largest absolute Gasteiger partial charge is 0.335 e. The molecule has 8 nitrogen and oxygen atoms in total. The molecule has 1 aromatic rings. The van der Waals surface area contributed by atoms with E-state index in [-0.39, 0.29) is 18.4 Å². The zero-order chi connectivity index (χ0) is 17.3. The fraction of sp³-hybridized carbons (Fsp3) is 0.733. The molecule has 0 spiro atoms. The van der Waals surface area contributed by atoms with Gasteiger partial charge in [-0.2, -0.15) is 22.5 Å². The monoisotopic (exact) mass is 355 g/mol. The third kappa shape index (κ3) is 3.62. The minimum absolute atomic E-state index is 0.0220. The maximum absolute atomic E-state index is 12.2. The van der Waals surface area contributed by atoms with Gasteiger partial charge in [0.1, 0.15) is 0 Å². The molecule has 2 aliphatic rings. The molecule has 9 heteroatoms. The van der Waals surface area contributed by atoms with E-state index in [1.165, 1.54) is 4.31 Å². The Balaban J connectivity index is 1.63. The van der Waals surface area contributed by atoms with Crippen LogP contribution in [-0.2, 0) is 34.6 Å². The molecule has 1 fully saturated rings. The van der Waals surface area contributed by atoms with Crippen LogP contribution in [0.2, 0.25) is 0 Å². The van der Waals surface area contributed by atoms with Crippen molar-refractivity contribution in [2.24, 2.45) is 5.92 Å². The van der Waals surface area contributed by atoms with Crippen molar-refractivity contribution in [3.63, 3.8) is 0 Å². The second-order valence-electron chi connectivity index (χ2n) is 6.70. The van der Waals surface area contributed by atoms with E-state index in [0.717, 1.165) is 18.5 Å². The predicted octanol–water partition coefficient (Wildman–Crippen LogP) is 0.312. The van der Waals surface area contributed by atoms with Crippen LogP contribution in [0, 0.1) is 5.92 Å². The van der Waals surface area contributed by atoms with E-state index in [1.807, 2.05) is 29.5 Å². The third-order valence-corrected chi connectivity index (χ3v) is 6.05. The molecule has 3 rings (SSSR count). The van der Waals surface area contributed by atoms with Crippen molar-refractivity contribution < 1.29 is 13.2 Å². The number of nitrogens with one attached hydrogen (secondary N) is 1. The first-order chi connectivity index (χ1) is 11.4. The van der Waals surface area contributed by atoms with E-state index >= 15 is 0 Å². The van der Waals surface area contributed by atoms with Crippen molar-refractivity contribution in [1.82, 2.24) is 23.7 Å². The van der Waals surface area contributed by atoms with Crippen LogP contribution in [0.5, 0.6) is 0 Å². The van der Waals surface area contributed by atoms with Gasteiger partial charge in [-0.15, -0.1) is 0 Å². The van der Waals surface area contributed by atoms with Crippen LogP contribution in [0.15, 0.2) is 6.07 Å². The number of aromatic nitrogens is 2. The Morgan fingerprint density at radius 3 is 2.62 bits per heavy atom. The zero-order valence-corrected chi connectivity index (χ0v) is 15.0. The molecule has 1 aromatic heterocycles. The average Bonchev–Trinajstić information content (AvgIpc) is 3.20. The fourth-order valence-corrected chi connectivity index (χ4v) is 4.40. The van der Waals surface area contributed by atoms with Crippen molar-refractivity contribution >= 4 is 16.1 Å². The van der Waals surface area contributed by atoms with Crippen molar-refractivity contribution in [1.29, 1.82) is 0 Å². The quantitative estimate of drug-likeness (QED) is 0.823. The Hall–Kier alpha value is -1.45. The highest BCUT2D eigenvalue weighted by molar-refractivity contribution is 7.87. The Morgan fingerprint density at radius 2 is 1.96 bits per heavy atom. The van der Waals surface area contributed by atoms with E-state index < -0.39 is 10.2 Å². The van der Waals surface area contributed by atoms with Gasteiger partial charge < -0.3 is 4.90 Å². The van der Waals surface area contributed by atoms with E-state index in [4.69, 9.17) is 0 Å². The van der Waals surface area contributed by atoms with Gasteiger partial charge in [0.15, 0.2) is 0 Å². The fourth-order valence-electron chi connectivity index (χ4n) is 3.15. The normalized spacial score (nSPS) is 19.0. The van der Waals surface area contributed by atoms with E-state index in [1.54, 1.807) is 0 Å². The molecule has 1 amide bonds. The highest BCUT2D eigenvalue weighted by atomic mass is 32.2. The highest BCUT2D eigenvalue weighted by Crippen LogP contribution is 2.17. The lowest BCUT2D eigenvalue weighted by Crippen LogP contribution is -2.40. The number of amides is 1. The minimum Gasteiger partial charge on any atom is -0.335 e. The van der Waals surface area contributed by atoms with Gasteiger partial charge in [-0.1, -0.05) is 13.8 Å². The summed E-state index contributed by atoms with van der Waals surface area (Å²) in [5.74, 6) is 0.116. The lowest BCUT2D eigenvalue weighted by molar-refractivity contribution is -0.136. The summed E-state index contributed by atoms with van der Waals surface area (Å²) in [6, 6.07) is 1.88. The Morgan fingerprint density at radius 1 is 1.25 bits per heavy atom. The maximum atomic E-state index is 12.2. The summed E-state index contributed by atoms with van der Waals surface area (Å²) in [4.78, 5) is 14.0.